The van der Waals surface area contributed by atoms with Crippen molar-refractivity contribution in [3.8, 4) is 11.1 Å². The second-order valence-electron chi connectivity index (χ2n) is 3.46. The third-order valence-electron chi connectivity index (χ3n) is 2.31. The Labute approximate surface area is 117 Å². The second kappa shape index (κ2) is 5.22. The average molecular weight is 305 g/mol. The van der Waals surface area contributed by atoms with Gasteiger partial charge in [0.05, 0.1) is 10.0 Å². The molecule has 0 atom stereocenters. The summed E-state index contributed by atoms with van der Waals surface area (Å²) in [5.74, 6) is -0.745. The molecule has 0 aliphatic heterocycles. The van der Waals surface area contributed by atoms with Crippen LogP contribution in [0.5, 0.6) is 0 Å². The molecular formula is C12H5Cl3FNO. The summed E-state index contributed by atoms with van der Waals surface area (Å²) in [4.78, 5) is 14.4. The predicted octanol–water partition coefficient (Wildman–Crippen LogP) is 4.66. The molecule has 2 aromatic rings. The molecule has 1 heterocycles. The van der Waals surface area contributed by atoms with Crippen LogP contribution < -0.4 is 0 Å². The zero-order valence-corrected chi connectivity index (χ0v) is 11.0. The van der Waals surface area contributed by atoms with Gasteiger partial charge in [0.25, 0.3) is 0 Å². The number of aromatic nitrogens is 1. The molecule has 0 spiro atoms. The Morgan fingerprint density at radius 3 is 2.50 bits per heavy atom. The highest BCUT2D eigenvalue weighted by Crippen LogP contribution is 2.37. The van der Waals surface area contributed by atoms with Gasteiger partial charge in [-0.15, -0.1) is 0 Å². The van der Waals surface area contributed by atoms with Gasteiger partial charge in [0.1, 0.15) is 0 Å². The molecule has 0 saturated heterocycles. The van der Waals surface area contributed by atoms with E-state index in [2.05, 4.69) is 4.98 Å². The molecule has 0 amide bonds. The Kier molecular flexibility index (Phi) is 3.85. The standard InChI is InChI=1S/C12H5Cl3FNO/c13-7-2-8(12(15)10(14)3-7)9-4-17-11(16)1-6(9)5-18/h1-5H. The first-order chi connectivity index (χ1) is 8.52. The lowest BCUT2D eigenvalue weighted by Crippen LogP contribution is -1.93. The van der Waals surface area contributed by atoms with Crippen molar-refractivity contribution < 1.29 is 9.18 Å². The van der Waals surface area contributed by atoms with Gasteiger partial charge in [-0.1, -0.05) is 34.8 Å². The number of rotatable bonds is 2. The number of aldehydes is 1. The van der Waals surface area contributed by atoms with Crippen molar-refractivity contribution >= 4 is 41.1 Å². The summed E-state index contributed by atoms with van der Waals surface area (Å²) in [6.45, 7) is 0. The topological polar surface area (TPSA) is 30.0 Å². The predicted molar refractivity (Wildman–Crippen MR) is 70.0 cm³/mol. The summed E-state index contributed by atoms with van der Waals surface area (Å²) in [6, 6.07) is 4.04. The number of nitrogens with zero attached hydrogens (tertiary/aromatic N) is 1. The van der Waals surface area contributed by atoms with Crippen LogP contribution in [0.15, 0.2) is 24.4 Å². The van der Waals surface area contributed by atoms with Gasteiger partial charge in [-0.3, -0.25) is 4.79 Å². The zero-order valence-electron chi connectivity index (χ0n) is 8.75. The van der Waals surface area contributed by atoms with E-state index in [4.69, 9.17) is 34.8 Å². The molecule has 6 heteroatoms. The quantitative estimate of drug-likeness (QED) is 0.459. The van der Waals surface area contributed by atoms with Crippen LogP contribution in [0.1, 0.15) is 10.4 Å². The van der Waals surface area contributed by atoms with E-state index in [-0.39, 0.29) is 15.6 Å². The van der Waals surface area contributed by atoms with Crippen LogP contribution in [0.2, 0.25) is 15.1 Å². The van der Waals surface area contributed by atoms with Gasteiger partial charge in [0, 0.05) is 34.0 Å². The van der Waals surface area contributed by atoms with Gasteiger partial charge in [0.15, 0.2) is 6.29 Å². The highest BCUT2D eigenvalue weighted by atomic mass is 35.5. The van der Waals surface area contributed by atoms with E-state index in [0.29, 0.717) is 22.4 Å². The van der Waals surface area contributed by atoms with E-state index >= 15 is 0 Å². The fourth-order valence-electron chi connectivity index (χ4n) is 1.52. The van der Waals surface area contributed by atoms with E-state index in [1.54, 1.807) is 0 Å². The Bertz CT molecular complexity index is 631. The smallest absolute Gasteiger partial charge is 0.213 e. The van der Waals surface area contributed by atoms with Crippen LogP contribution in [0.4, 0.5) is 4.39 Å². The fourth-order valence-corrected chi connectivity index (χ4v) is 2.22. The van der Waals surface area contributed by atoms with E-state index in [9.17, 15) is 9.18 Å². The van der Waals surface area contributed by atoms with Gasteiger partial charge in [0.2, 0.25) is 5.95 Å². The van der Waals surface area contributed by atoms with Gasteiger partial charge >= 0.3 is 0 Å². The van der Waals surface area contributed by atoms with Gasteiger partial charge in [-0.2, -0.15) is 4.39 Å². The molecule has 92 valence electrons. The number of pyridine rings is 1. The van der Waals surface area contributed by atoms with E-state index < -0.39 is 5.95 Å². The number of halogens is 4. The third kappa shape index (κ3) is 2.48. The van der Waals surface area contributed by atoms with E-state index in [0.717, 1.165) is 6.07 Å². The largest absolute Gasteiger partial charge is 0.298 e. The van der Waals surface area contributed by atoms with Crippen molar-refractivity contribution in [2.75, 3.05) is 0 Å². The first-order valence-corrected chi connectivity index (χ1v) is 5.92. The highest BCUT2D eigenvalue weighted by molar-refractivity contribution is 6.45. The van der Waals surface area contributed by atoms with Crippen LogP contribution in [0.25, 0.3) is 11.1 Å². The van der Waals surface area contributed by atoms with Crippen molar-refractivity contribution in [3.63, 3.8) is 0 Å². The summed E-state index contributed by atoms with van der Waals surface area (Å²) >= 11 is 17.8. The summed E-state index contributed by atoms with van der Waals surface area (Å²) in [7, 11) is 0. The molecule has 0 bridgehead atoms. The zero-order chi connectivity index (χ0) is 13.3. The maximum absolute atomic E-state index is 13.0. The maximum Gasteiger partial charge on any atom is 0.213 e. The molecule has 0 radical (unpaired) electrons. The fraction of sp³-hybridized carbons (Fsp3) is 0. The molecule has 0 aliphatic carbocycles. The van der Waals surface area contributed by atoms with Crippen LogP contribution in [-0.2, 0) is 0 Å². The molecule has 18 heavy (non-hydrogen) atoms. The minimum atomic E-state index is -0.745. The Morgan fingerprint density at radius 2 is 1.83 bits per heavy atom. The van der Waals surface area contributed by atoms with Crippen LogP contribution in [0.3, 0.4) is 0 Å². The lowest BCUT2D eigenvalue weighted by molar-refractivity contribution is 0.112. The lowest BCUT2D eigenvalue weighted by atomic mass is 10.0. The summed E-state index contributed by atoms with van der Waals surface area (Å²) in [6.07, 6.45) is 1.73. The molecular weight excluding hydrogens is 299 g/mol. The monoisotopic (exact) mass is 303 g/mol. The normalized spacial score (nSPS) is 10.4. The Morgan fingerprint density at radius 1 is 1.11 bits per heavy atom. The molecule has 2 nitrogen and oxygen atoms in total. The second-order valence-corrected chi connectivity index (χ2v) is 4.68. The molecule has 0 fully saturated rings. The first kappa shape index (κ1) is 13.3. The van der Waals surface area contributed by atoms with Gasteiger partial charge < -0.3 is 0 Å². The number of hydrogen-bond donors (Lipinski definition) is 0. The maximum atomic E-state index is 13.0. The molecule has 0 aliphatic rings. The van der Waals surface area contributed by atoms with Crippen LogP contribution in [-0.4, -0.2) is 11.3 Å². The average Bonchev–Trinajstić information content (AvgIpc) is 2.34. The SMILES string of the molecule is O=Cc1cc(F)ncc1-c1cc(Cl)cc(Cl)c1Cl. The minimum Gasteiger partial charge on any atom is -0.298 e. The summed E-state index contributed by atoms with van der Waals surface area (Å²) in [5.41, 5.74) is 0.937. The molecule has 0 unspecified atom stereocenters. The number of hydrogen-bond acceptors (Lipinski definition) is 2. The van der Waals surface area contributed by atoms with Crippen LogP contribution >= 0.6 is 34.8 Å². The van der Waals surface area contributed by atoms with Gasteiger partial charge in [-0.25, -0.2) is 4.98 Å². The van der Waals surface area contributed by atoms with E-state index in [1.807, 2.05) is 0 Å². The van der Waals surface area contributed by atoms with Crippen LogP contribution in [0, 0.1) is 5.95 Å². The lowest BCUT2D eigenvalue weighted by Gasteiger charge is -2.09. The summed E-state index contributed by atoms with van der Waals surface area (Å²) in [5, 5.41) is 0.846. The Balaban J connectivity index is 2.72. The number of carbonyl (C=O) groups excluding carboxylic acids is 1. The molecule has 0 saturated carbocycles. The van der Waals surface area contributed by atoms with Crippen molar-refractivity contribution in [1.29, 1.82) is 0 Å². The highest BCUT2D eigenvalue weighted by Gasteiger charge is 2.13. The van der Waals surface area contributed by atoms with Crippen molar-refractivity contribution in [2.45, 2.75) is 0 Å². The molecule has 0 N–H and O–H groups in total. The molecule has 1 aromatic heterocycles. The number of carbonyl (C=O) groups is 1. The third-order valence-corrected chi connectivity index (χ3v) is 3.33. The summed E-state index contributed by atoms with van der Waals surface area (Å²) < 4.78 is 13.0. The molecule has 1 aromatic carbocycles. The van der Waals surface area contributed by atoms with Crippen molar-refractivity contribution in [1.82, 2.24) is 4.98 Å². The van der Waals surface area contributed by atoms with Crippen molar-refractivity contribution in [3.05, 3.63) is 51.0 Å². The number of benzene rings is 1. The van der Waals surface area contributed by atoms with Gasteiger partial charge in [-0.05, 0) is 12.1 Å². The first-order valence-electron chi connectivity index (χ1n) is 4.78. The Hall–Kier alpha value is -1.16. The minimum absolute atomic E-state index is 0.128. The van der Waals surface area contributed by atoms with E-state index in [1.165, 1.54) is 18.3 Å². The molecule has 2 rings (SSSR count). The van der Waals surface area contributed by atoms with Crippen molar-refractivity contribution in [2.24, 2.45) is 0 Å².